The fourth-order valence-electron chi connectivity index (χ4n) is 1.49. The van der Waals surface area contributed by atoms with Crippen molar-refractivity contribution in [3.8, 4) is 0 Å². The lowest BCUT2D eigenvalue weighted by Gasteiger charge is -2.30. The molecule has 94 valence electrons. The van der Waals surface area contributed by atoms with Gasteiger partial charge < -0.3 is 5.11 Å². The standard InChI is InChI=1S/C12H13F3O2/c1-2-10(16)8-11(17,12(13,14)15)9-6-4-3-5-7-9/h3-7,17H,2,8H2,1H3/t11-/m1/s1. The maximum absolute atomic E-state index is 12.9. The smallest absolute Gasteiger partial charge is 0.376 e. The molecule has 0 bridgehead atoms. The Morgan fingerprint density at radius 3 is 2.18 bits per heavy atom. The molecule has 0 aromatic heterocycles. The number of hydrogen-bond donors (Lipinski definition) is 1. The monoisotopic (exact) mass is 246 g/mol. The molecular weight excluding hydrogens is 233 g/mol. The van der Waals surface area contributed by atoms with Crippen LogP contribution in [0.1, 0.15) is 25.3 Å². The quantitative estimate of drug-likeness (QED) is 0.887. The Bertz CT molecular complexity index is 386. The van der Waals surface area contributed by atoms with Crippen molar-refractivity contribution in [2.75, 3.05) is 0 Å². The first-order chi connectivity index (χ1) is 7.81. The van der Waals surface area contributed by atoms with Crippen LogP contribution in [0.25, 0.3) is 0 Å². The molecule has 5 heteroatoms. The second kappa shape index (κ2) is 4.87. The summed E-state index contributed by atoms with van der Waals surface area (Å²) < 4.78 is 38.7. The van der Waals surface area contributed by atoms with E-state index >= 15 is 0 Å². The molecule has 0 spiro atoms. The van der Waals surface area contributed by atoms with E-state index in [0.29, 0.717) is 0 Å². The number of benzene rings is 1. The molecule has 17 heavy (non-hydrogen) atoms. The van der Waals surface area contributed by atoms with Crippen LogP contribution in [0.3, 0.4) is 0 Å². The fraction of sp³-hybridized carbons (Fsp3) is 0.417. The average Bonchev–Trinajstić information content (AvgIpc) is 2.28. The van der Waals surface area contributed by atoms with Crippen LogP contribution in [-0.2, 0) is 10.4 Å². The van der Waals surface area contributed by atoms with E-state index in [1.165, 1.54) is 19.1 Å². The van der Waals surface area contributed by atoms with Gasteiger partial charge in [-0.15, -0.1) is 0 Å². The predicted molar refractivity (Wildman–Crippen MR) is 56.3 cm³/mol. The van der Waals surface area contributed by atoms with Crippen molar-refractivity contribution in [2.45, 2.75) is 31.5 Å². The highest BCUT2D eigenvalue weighted by molar-refractivity contribution is 5.79. The second-order valence-corrected chi connectivity index (χ2v) is 3.79. The van der Waals surface area contributed by atoms with Crippen molar-refractivity contribution >= 4 is 5.78 Å². The van der Waals surface area contributed by atoms with Crippen molar-refractivity contribution in [1.29, 1.82) is 0 Å². The Balaban J connectivity index is 3.16. The largest absolute Gasteiger partial charge is 0.421 e. The Labute approximate surface area is 97.1 Å². The molecule has 0 amide bonds. The number of Topliss-reactive ketones (excluding diaryl/α,β-unsaturated/α-hetero) is 1. The van der Waals surface area contributed by atoms with E-state index in [2.05, 4.69) is 0 Å². The molecule has 1 atom stereocenters. The molecule has 1 aromatic carbocycles. The number of halogens is 3. The zero-order valence-corrected chi connectivity index (χ0v) is 9.29. The number of carbonyl (C=O) groups is 1. The van der Waals surface area contributed by atoms with Gasteiger partial charge in [0.25, 0.3) is 0 Å². The molecule has 0 aliphatic heterocycles. The minimum absolute atomic E-state index is 0.0365. The number of alkyl halides is 3. The molecule has 0 saturated carbocycles. The second-order valence-electron chi connectivity index (χ2n) is 3.79. The molecule has 0 unspecified atom stereocenters. The number of hydrogen-bond acceptors (Lipinski definition) is 2. The highest BCUT2D eigenvalue weighted by atomic mass is 19.4. The Hall–Kier alpha value is -1.36. The summed E-state index contributed by atoms with van der Waals surface area (Å²) in [7, 11) is 0. The minimum atomic E-state index is -4.88. The Kier molecular flexibility index (Phi) is 3.93. The molecule has 1 rings (SSSR count). The lowest BCUT2D eigenvalue weighted by Crippen LogP contribution is -2.44. The van der Waals surface area contributed by atoms with Crippen LogP contribution >= 0.6 is 0 Å². The van der Waals surface area contributed by atoms with Crippen molar-refractivity contribution < 1.29 is 23.1 Å². The predicted octanol–water partition coefficient (Wildman–Crippen LogP) is 2.81. The van der Waals surface area contributed by atoms with Crippen LogP contribution < -0.4 is 0 Å². The molecule has 0 aliphatic carbocycles. The van der Waals surface area contributed by atoms with Crippen LogP contribution in [-0.4, -0.2) is 17.1 Å². The first-order valence-corrected chi connectivity index (χ1v) is 5.17. The van der Waals surface area contributed by atoms with Gasteiger partial charge in [-0.1, -0.05) is 37.3 Å². The first kappa shape index (κ1) is 13.7. The topological polar surface area (TPSA) is 37.3 Å². The summed E-state index contributed by atoms with van der Waals surface area (Å²) in [5.74, 6) is -0.631. The van der Waals surface area contributed by atoms with Gasteiger partial charge in [0.05, 0.1) is 0 Å². The third-order valence-electron chi connectivity index (χ3n) is 2.57. The van der Waals surface area contributed by atoms with Crippen LogP contribution in [0.5, 0.6) is 0 Å². The lowest BCUT2D eigenvalue weighted by molar-refractivity contribution is -0.267. The third kappa shape index (κ3) is 2.85. The van der Waals surface area contributed by atoms with Crippen LogP contribution in [0, 0.1) is 0 Å². The van der Waals surface area contributed by atoms with Crippen molar-refractivity contribution in [1.82, 2.24) is 0 Å². The van der Waals surface area contributed by atoms with Crippen LogP contribution in [0.4, 0.5) is 13.2 Å². The summed E-state index contributed by atoms with van der Waals surface area (Å²) in [6.07, 6.45) is -5.86. The van der Waals surface area contributed by atoms with Crippen LogP contribution in [0.2, 0.25) is 0 Å². The molecule has 0 saturated heterocycles. The summed E-state index contributed by atoms with van der Waals surface area (Å²) in [6, 6.07) is 6.65. The van der Waals surface area contributed by atoms with E-state index < -0.39 is 24.0 Å². The van der Waals surface area contributed by atoms with Gasteiger partial charge in [0.15, 0.2) is 5.60 Å². The summed E-state index contributed by atoms with van der Waals surface area (Å²) >= 11 is 0. The zero-order chi connectivity index (χ0) is 13.1. The van der Waals surface area contributed by atoms with E-state index in [1.54, 1.807) is 6.07 Å². The zero-order valence-electron chi connectivity index (χ0n) is 9.29. The highest BCUT2D eigenvalue weighted by Crippen LogP contribution is 2.41. The normalized spacial score (nSPS) is 15.4. The number of aliphatic hydroxyl groups is 1. The van der Waals surface area contributed by atoms with Gasteiger partial charge in [-0.25, -0.2) is 0 Å². The van der Waals surface area contributed by atoms with Crippen molar-refractivity contribution in [3.63, 3.8) is 0 Å². The van der Waals surface area contributed by atoms with Crippen LogP contribution in [0.15, 0.2) is 30.3 Å². The molecule has 0 heterocycles. The molecular formula is C12H13F3O2. The summed E-state index contributed by atoms with van der Waals surface area (Å²) in [5, 5.41) is 9.77. The Morgan fingerprint density at radius 2 is 1.76 bits per heavy atom. The highest BCUT2D eigenvalue weighted by Gasteiger charge is 2.55. The van der Waals surface area contributed by atoms with E-state index in [1.807, 2.05) is 0 Å². The van der Waals surface area contributed by atoms with Crippen molar-refractivity contribution in [2.24, 2.45) is 0 Å². The van der Waals surface area contributed by atoms with Gasteiger partial charge in [-0.2, -0.15) is 13.2 Å². The van der Waals surface area contributed by atoms with Gasteiger partial charge in [-0.05, 0) is 5.56 Å². The summed E-state index contributed by atoms with van der Waals surface area (Å²) in [6.45, 7) is 1.46. The third-order valence-corrected chi connectivity index (χ3v) is 2.57. The molecule has 1 N–H and O–H groups in total. The van der Waals surface area contributed by atoms with Crippen molar-refractivity contribution in [3.05, 3.63) is 35.9 Å². The first-order valence-electron chi connectivity index (χ1n) is 5.17. The van der Waals surface area contributed by atoms with Gasteiger partial charge >= 0.3 is 6.18 Å². The van der Waals surface area contributed by atoms with E-state index in [4.69, 9.17) is 0 Å². The SMILES string of the molecule is CCC(=O)C[C@@](O)(c1ccccc1)C(F)(F)F. The molecule has 1 aromatic rings. The lowest BCUT2D eigenvalue weighted by atomic mass is 9.87. The molecule has 2 nitrogen and oxygen atoms in total. The number of carbonyl (C=O) groups excluding carboxylic acids is 1. The molecule has 0 fully saturated rings. The molecule has 0 radical (unpaired) electrons. The van der Waals surface area contributed by atoms with Gasteiger partial charge in [0.2, 0.25) is 0 Å². The van der Waals surface area contributed by atoms with E-state index in [0.717, 1.165) is 12.1 Å². The summed E-state index contributed by atoms with van der Waals surface area (Å²) in [4.78, 5) is 11.2. The maximum Gasteiger partial charge on any atom is 0.421 e. The van der Waals surface area contributed by atoms with Gasteiger partial charge in [0.1, 0.15) is 5.78 Å². The minimum Gasteiger partial charge on any atom is -0.376 e. The van der Waals surface area contributed by atoms with Gasteiger partial charge in [-0.3, -0.25) is 4.79 Å². The number of ketones is 1. The summed E-state index contributed by atoms with van der Waals surface area (Å²) in [5.41, 5.74) is -3.41. The fourth-order valence-corrected chi connectivity index (χ4v) is 1.49. The Morgan fingerprint density at radius 1 is 1.24 bits per heavy atom. The van der Waals surface area contributed by atoms with Gasteiger partial charge in [0, 0.05) is 12.8 Å². The van der Waals surface area contributed by atoms with E-state index in [-0.39, 0.29) is 12.0 Å². The van der Waals surface area contributed by atoms with E-state index in [9.17, 15) is 23.1 Å². The molecule has 0 aliphatic rings. The maximum atomic E-state index is 12.9. The number of rotatable bonds is 4. The average molecular weight is 246 g/mol.